The lowest BCUT2D eigenvalue weighted by atomic mass is 10.2. The SMILES string of the molecule is O=C(N1CCN(c2ncnc3sccc23)CC1)N1CCN(c2ncnc3sccc23)CC1. The lowest BCUT2D eigenvalue weighted by Crippen LogP contribution is -2.57. The minimum absolute atomic E-state index is 0.135. The second-order valence-corrected chi connectivity index (χ2v) is 9.69. The molecule has 32 heavy (non-hydrogen) atoms. The molecule has 0 unspecified atom stereocenters. The molecule has 2 saturated heterocycles. The van der Waals surface area contributed by atoms with Gasteiger partial charge in [0.2, 0.25) is 0 Å². The van der Waals surface area contributed by atoms with Crippen LogP contribution in [0.1, 0.15) is 0 Å². The maximum atomic E-state index is 13.1. The molecule has 11 heteroatoms. The van der Waals surface area contributed by atoms with E-state index in [9.17, 15) is 4.79 Å². The predicted molar refractivity (Wildman–Crippen MR) is 128 cm³/mol. The van der Waals surface area contributed by atoms with E-state index in [0.29, 0.717) is 26.2 Å². The van der Waals surface area contributed by atoms with Crippen LogP contribution in [0.25, 0.3) is 20.4 Å². The van der Waals surface area contributed by atoms with Gasteiger partial charge in [-0.1, -0.05) is 0 Å². The van der Waals surface area contributed by atoms with E-state index in [1.54, 1.807) is 35.3 Å². The number of amides is 2. The number of piperazine rings is 2. The summed E-state index contributed by atoms with van der Waals surface area (Å²) in [6.07, 6.45) is 3.26. The van der Waals surface area contributed by atoms with Gasteiger partial charge in [-0.05, 0) is 22.9 Å². The molecule has 9 nitrogen and oxygen atoms in total. The Labute approximate surface area is 192 Å². The van der Waals surface area contributed by atoms with E-state index in [2.05, 4.69) is 41.9 Å². The first-order valence-corrected chi connectivity index (χ1v) is 12.4. The highest BCUT2D eigenvalue weighted by Gasteiger charge is 2.29. The Morgan fingerprint density at radius 2 is 1.09 bits per heavy atom. The molecular formula is C21H22N8OS2. The monoisotopic (exact) mass is 466 g/mol. The molecule has 2 amide bonds. The van der Waals surface area contributed by atoms with Gasteiger partial charge >= 0.3 is 6.03 Å². The van der Waals surface area contributed by atoms with Crippen LogP contribution in [0, 0.1) is 0 Å². The third kappa shape index (κ3) is 3.41. The standard InChI is InChI=1S/C21H22N8OS2/c30-21(28-7-3-26(4-8-28)17-15-1-11-31-19(15)24-13-22-17)29-9-5-27(6-10-29)18-16-2-12-32-20(16)25-14-23-18/h1-2,11-14H,3-10H2. The molecule has 0 aliphatic carbocycles. The third-order valence-corrected chi connectivity index (χ3v) is 7.82. The highest BCUT2D eigenvalue weighted by atomic mass is 32.1. The molecule has 0 N–H and O–H groups in total. The molecule has 4 aromatic rings. The molecule has 6 heterocycles. The van der Waals surface area contributed by atoms with Gasteiger partial charge < -0.3 is 19.6 Å². The highest BCUT2D eigenvalue weighted by Crippen LogP contribution is 2.29. The maximum absolute atomic E-state index is 13.1. The molecule has 0 atom stereocenters. The van der Waals surface area contributed by atoms with Crippen molar-refractivity contribution in [1.82, 2.24) is 29.7 Å². The smallest absolute Gasteiger partial charge is 0.320 e. The molecular weight excluding hydrogens is 444 g/mol. The van der Waals surface area contributed by atoms with Crippen LogP contribution >= 0.6 is 22.7 Å². The fraction of sp³-hybridized carbons (Fsp3) is 0.381. The number of carbonyl (C=O) groups is 1. The number of aromatic nitrogens is 4. The van der Waals surface area contributed by atoms with Crippen molar-refractivity contribution in [3.05, 3.63) is 35.5 Å². The number of urea groups is 1. The fourth-order valence-electron chi connectivity index (χ4n) is 4.48. The molecule has 4 aromatic heterocycles. The molecule has 2 aliphatic rings. The van der Waals surface area contributed by atoms with Crippen molar-refractivity contribution in [1.29, 1.82) is 0 Å². The lowest BCUT2D eigenvalue weighted by Gasteiger charge is -2.41. The Kier molecular flexibility index (Phi) is 4.99. The maximum Gasteiger partial charge on any atom is 0.320 e. The highest BCUT2D eigenvalue weighted by molar-refractivity contribution is 7.17. The Morgan fingerprint density at radius 1 is 0.656 bits per heavy atom. The quantitative estimate of drug-likeness (QED) is 0.449. The summed E-state index contributed by atoms with van der Waals surface area (Å²) in [5.74, 6) is 1.95. The van der Waals surface area contributed by atoms with Gasteiger partial charge in [0, 0.05) is 52.4 Å². The number of anilines is 2. The summed E-state index contributed by atoms with van der Waals surface area (Å²) in [6.45, 7) is 5.95. The van der Waals surface area contributed by atoms with Crippen LogP contribution in [-0.4, -0.2) is 88.1 Å². The average Bonchev–Trinajstić information content (AvgIpc) is 3.53. The molecule has 0 aromatic carbocycles. The van der Waals surface area contributed by atoms with Gasteiger partial charge in [0.25, 0.3) is 0 Å². The number of hydrogen-bond acceptors (Lipinski definition) is 9. The Hall–Kier alpha value is -3.05. The van der Waals surface area contributed by atoms with E-state index in [4.69, 9.17) is 0 Å². The Balaban J connectivity index is 1.07. The first-order chi connectivity index (χ1) is 15.8. The van der Waals surface area contributed by atoms with Crippen molar-refractivity contribution >= 4 is 60.8 Å². The summed E-state index contributed by atoms with van der Waals surface area (Å²) in [4.78, 5) is 41.3. The topological polar surface area (TPSA) is 81.6 Å². The summed E-state index contributed by atoms with van der Waals surface area (Å²) in [5.41, 5.74) is 0. The molecule has 0 radical (unpaired) electrons. The minimum Gasteiger partial charge on any atom is -0.352 e. The van der Waals surface area contributed by atoms with Crippen molar-refractivity contribution in [2.45, 2.75) is 0 Å². The number of carbonyl (C=O) groups excluding carboxylic acids is 1. The van der Waals surface area contributed by atoms with E-state index in [1.807, 2.05) is 20.6 Å². The number of rotatable bonds is 2. The molecule has 6 rings (SSSR count). The van der Waals surface area contributed by atoms with Crippen molar-refractivity contribution in [2.24, 2.45) is 0 Å². The van der Waals surface area contributed by atoms with Crippen molar-refractivity contribution in [3.63, 3.8) is 0 Å². The molecule has 0 spiro atoms. The van der Waals surface area contributed by atoms with Crippen LogP contribution < -0.4 is 9.80 Å². The largest absolute Gasteiger partial charge is 0.352 e. The normalized spacial score (nSPS) is 17.5. The number of nitrogens with zero attached hydrogens (tertiary/aromatic N) is 8. The molecule has 2 aliphatic heterocycles. The first-order valence-electron chi connectivity index (χ1n) is 10.7. The average molecular weight is 467 g/mol. The number of hydrogen-bond donors (Lipinski definition) is 0. The summed E-state index contributed by atoms with van der Waals surface area (Å²) >= 11 is 3.26. The molecule has 2 fully saturated rings. The van der Waals surface area contributed by atoms with Crippen LogP contribution in [0.4, 0.5) is 16.4 Å². The summed E-state index contributed by atoms with van der Waals surface area (Å²) in [6, 6.07) is 4.29. The van der Waals surface area contributed by atoms with Gasteiger partial charge in [-0.3, -0.25) is 0 Å². The van der Waals surface area contributed by atoms with Crippen molar-refractivity contribution < 1.29 is 4.79 Å². The Morgan fingerprint density at radius 3 is 1.53 bits per heavy atom. The number of fused-ring (bicyclic) bond motifs is 2. The molecule has 0 bridgehead atoms. The van der Waals surface area contributed by atoms with E-state index in [-0.39, 0.29) is 6.03 Å². The fourth-order valence-corrected chi connectivity index (χ4v) is 5.93. The van der Waals surface area contributed by atoms with Crippen LogP contribution in [0.15, 0.2) is 35.5 Å². The predicted octanol–water partition coefficient (Wildman–Crippen LogP) is 2.76. The van der Waals surface area contributed by atoms with Gasteiger partial charge in [0.1, 0.15) is 34.0 Å². The molecule has 164 valence electrons. The van der Waals surface area contributed by atoms with Crippen LogP contribution in [0.3, 0.4) is 0 Å². The summed E-state index contributed by atoms with van der Waals surface area (Å²) in [7, 11) is 0. The van der Waals surface area contributed by atoms with E-state index < -0.39 is 0 Å². The Bertz CT molecular complexity index is 1160. The van der Waals surface area contributed by atoms with Crippen molar-refractivity contribution in [2.75, 3.05) is 62.2 Å². The first kappa shape index (κ1) is 19.6. The van der Waals surface area contributed by atoms with Crippen LogP contribution in [0.2, 0.25) is 0 Å². The van der Waals surface area contributed by atoms with Gasteiger partial charge in [-0.25, -0.2) is 24.7 Å². The summed E-state index contributed by atoms with van der Waals surface area (Å²) in [5, 5.41) is 6.29. The second-order valence-electron chi connectivity index (χ2n) is 7.90. The minimum atomic E-state index is 0.135. The zero-order valence-electron chi connectivity index (χ0n) is 17.4. The van der Waals surface area contributed by atoms with E-state index >= 15 is 0 Å². The van der Waals surface area contributed by atoms with Gasteiger partial charge in [-0.2, -0.15) is 0 Å². The van der Waals surface area contributed by atoms with Crippen LogP contribution in [0.5, 0.6) is 0 Å². The van der Waals surface area contributed by atoms with E-state index in [1.165, 1.54) is 0 Å². The van der Waals surface area contributed by atoms with E-state index in [0.717, 1.165) is 58.2 Å². The molecule has 0 saturated carbocycles. The van der Waals surface area contributed by atoms with Gasteiger partial charge in [-0.15, -0.1) is 22.7 Å². The zero-order valence-corrected chi connectivity index (χ0v) is 19.1. The summed E-state index contributed by atoms with van der Waals surface area (Å²) < 4.78 is 0. The lowest BCUT2D eigenvalue weighted by molar-refractivity contribution is 0.147. The third-order valence-electron chi connectivity index (χ3n) is 6.18. The van der Waals surface area contributed by atoms with Crippen LogP contribution in [-0.2, 0) is 0 Å². The zero-order chi connectivity index (χ0) is 21.5. The van der Waals surface area contributed by atoms with Gasteiger partial charge in [0.15, 0.2) is 0 Å². The second kappa shape index (κ2) is 8.14. The van der Waals surface area contributed by atoms with Crippen molar-refractivity contribution in [3.8, 4) is 0 Å². The van der Waals surface area contributed by atoms with Gasteiger partial charge in [0.05, 0.1) is 10.8 Å². The number of thiophene rings is 2.